The zero-order chi connectivity index (χ0) is 39.7. The van der Waals surface area contributed by atoms with Gasteiger partial charge in [0.2, 0.25) is 0 Å². The van der Waals surface area contributed by atoms with E-state index in [1.807, 2.05) is 12.1 Å². The molecule has 0 aromatic heterocycles. The minimum atomic E-state index is -1.40. The second kappa shape index (κ2) is 18.0. The average Bonchev–Trinajstić information content (AvgIpc) is 3.13. The Kier molecular flexibility index (Phi) is 13.5. The second-order valence-corrected chi connectivity index (χ2v) is 13.4. The summed E-state index contributed by atoms with van der Waals surface area (Å²) in [5, 5.41) is 59.5. The van der Waals surface area contributed by atoms with Crippen LogP contribution in [-0.2, 0) is 19.3 Å². The topological polar surface area (TPSA) is 224 Å². The Hall–Kier alpha value is -6.30. The van der Waals surface area contributed by atoms with Crippen molar-refractivity contribution in [3.8, 4) is 0 Å². The highest BCUT2D eigenvalue weighted by molar-refractivity contribution is 5.96. The second-order valence-electron chi connectivity index (χ2n) is 13.4. The van der Waals surface area contributed by atoms with Gasteiger partial charge in [-0.1, -0.05) is 44.9 Å². The minimum absolute atomic E-state index is 0.0222. The lowest BCUT2D eigenvalue weighted by molar-refractivity contribution is 0.0676. The van der Waals surface area contributed by atoms with Crippen LogP contribution in [0.3, 0.4) is 0 Å². The number of carboxylic acid groups (broad SMARTS) is 6. The molecule has 12 heteroatoms. The third-order valence-electron chi connectivity index (χ3n) is 9.38. The molecule has 2 atom stereocenters. The molecule has 4 aromatic rings. The fourth-order valence-electron chi connectivity index (χ4n) is 6.70. The van der Waals surface area contributed by atoms with Crippen molar-refractivity contribution in [2.75, 3.05) is 0 Å². The highest BCUT2D eigenvalue weighted by atomic mass is 16.4. The van der Waals surface area contributed by atoms with E-state index < -0.39 is 47.7 Å². The molecular formula is C42H42O12. The van der Waals surface area contributed by atoms with Crippen LogP contribution in [-0.4, -0.2) is 66.5 Å². The maximum Gasteiger partial charge on any atom is 0.335 e. The average molecular weight is 739 g/mol. The number of rotatable bonds is 19. The van der Waals surface area contributed by atoms with Crippen molar-refractivity contribution in [3.05, 3.63) is 140 Å². The predicted octanol–water partition coefficient (Wildman–Crippen LogP) is 8.11. The quantitative estimate of drug-likeness (QED) is 0.0537. The van der Waals surface area contributed by atoms with E-state index in [1.165, 1.54) is 36.4 Å². The molecule has 0 aliphatic heterocycles. The Labute approximate surface area is 311 Å². The molecule has 0 bridgehead atoms. The van der Waals surface area contributed by atoms with Crippen LogP contribution in [0.4, 0.5) is 0 Å². The SMILES string of the molecule is CCCCc1cc(CCCC)cc(C(CC(Cc2cc(C(=O)O)cc(C(=O)O)c2)c2cc(C(=O)O)cc(C(=O)O)c2)c2cc(C(=O)O)cc(C(=O)O)c2)c1. The van der Waals surface area contributed by atoms with Crippen molar-refractivity contribution in [3.63, 3.8) is 0 Å². The summed E-state index contributed by atoms with van der Waals surface area (Å²) in [6.07, 6.45) is 5.00. The number of unbranched alkanes of at least 4 members (excludes halogenated alkanes) is 2. The van der Waals surface area contributed by atoms with E-state index in [2.05, 4.69) is 19.9 Å². The molecule has 0 saturated carbocycles. The van der Waals surface area contributed by atoms with Gasteiger partial charge in [0.15, 0.2) is 0 Å². The molecular weight excluding hydrogens is 696 g/mol. The van der Waals surface area contributed by atoms with Gasteiger partial charge in [0.05, 0.1) is 33.4 Å². The van der Waals surface area contributed by atoms with Gasteiger partial charge in [-0.15, -0.1) is 0 Å². The molecule has 4 rings (SSSR count). The number of hydrogen-bond donors (Lipinski definition) is 6. The number of benzene rings is 4. The van der Waals surface area contributed by atoms with Crippen molar-refractivity contribution >= 4 is 35.8 Å². The molecule has 2 unspecified atom stereocenters. The molecule has 4 aromatic carbocycles. The predicted molar refractivity (Wildman–Crippen MR) is 198 cm³/mol. The van der Waals surface area contributed by atoms with Crippen LogP contribution >= 0.6 is 0 Å². The van der Waals surface area contributed by atoms with Crippen LogP contribution in [0.2, 0.25) is 0 Å². The van der Waals surface area contributed by atoms with Crippen molar-refractivity contribution in [1.29, 1.82) is 0 Å². The van der Waals surface area contributed by atoms with Gasteiger partial charge in [0.25, 0.3) is 0 Å². The van der Waals surface area contributed by atoms with E-state index in [9.17, 15) is 59.4 Å². The van der Waals surface area contributed by atoms with Gasteiger partial charge < -0.3 is 30.6 Å². The van der Waals surface area contributed by atoms with Gasteiger partial charge in [-0.25, -0.2) is 28.8 Å². The van der Waals surface area contributed by atoms with Gasteiger partial charge in [-0.05, 0) is 132 Å². The van der Waals surface area contributed by atoms with Crippen LogP contribution in [0.25, 0.3) is 0 Å². The minimum Gasteiger partial charge on any atom is -0.478 e. The fraction of sp³-hybridized carbons (Fsp3) is 0.286. The molecule has 6 N–H and O–H groups in total. The Balaban J connectivity index is 2.06. The summed E-state index contributed by atoms with van der Waals surface area (Å²) in [6, 6.07) is 17.1. The van der Waals surface area contributed by atoms with Crippen molar-refractivity contribution in [2.45, 2.75) is 77.0 Å². The molecule has 0 radical (unpaired) electrons. The molecule has 0 heterocycles. The first kappa shape index (κ1) is 40.5. The smallest absolute Gasteiger partial charge is 0.335 e. The summed E-state index contributed by atoms with van der Waals surface area (Å²) < 4.78 is 0. The van der Waals surface area contributed by atoms with E-state index in [-0.39, 0.29) is 57.3 Å². The maximum absolute atomic E-state index is 12.3. The number of carboxylic acids is 6. The van der Waals surface area contributed by atoms with Crippen molar-refractivity contribution in [2.24, 2.45) is 0 Å². The number of carbonyl (C=O) groups is 6. The summed E-state index contributed by atoms with van der Waals surface area (Å²) >= 11 is 0. The molecule has 282 valence electrons. The van der Waals surface area contributed by atoms with Crippen LogP contribution < -0.4 is 0 Å². The Bertz CT molecular complexity index is 1970. The Morgan fingerprint density at radius 3 is 1.11 bits per heavy atom. The molecule has 0 aliphatic rings. The zero-order valence-electron chi connectivity index (χ0n) is 29.9. The molecule has 0 fully saturated rings. The van der Waals surface area contributed by atoms with Gasteiger partial charge >= 0.3 is 35.8 Å². The van der Waals surface area contributed by atoms with E-state index in [0.29, 0.717) is 5.56 Å². The number of aromatic carboxylic acids is 6. The molecule has 0 aliphatic carbocycles. The van der Waals surface area contributed by atoms with Crippen molar-refractivity contribution < 1.29 is 59.4 Å². The van der Waals surface area contributed by atoms with E-state index >= 15 is 0 Å². The molecule has 0 amide bonds. The summed E-state index contributed by atoms with van der Waals surface area (Å²) in [4.78, 5) is 73.1. The fourth-order valence-corrected chi connectivity index (χ4v) is 6.70. The lowest BCUT2D eigenvalue weighted by atomic mass is 9.76. The van der Waals surface area contributed by atoms with Gasteiger partial charge in [0, 0.05) is 5.92 Å². The molecule has 0 saturated heterocycles. The summed E-state index contributed by atoms with van der Waals surface area (Å²) in [6.45, 7) is 4.12. The lowest BCUT2D eigenvalue weighted by Gasteiger charge is -2.27. The summed E-state index contributed by atoms with van der Waals surface area (Å²) in [5.41, 5.74) is 1.71. The first-order valence-corrected chi connectivity index (χ1v) is 17.6. The van der Waals surface area contributed by atoms with Crippen LogP contribution in [0.5, 0.6) is 0 Å². The molecule has 12 nitrogen and oxygen atoms in total. The maximum atomic E-state index is 12.3. The van der Waals surface area contributed by atoms with Gasteiger partial charge in [-0.2, -0.15) is 0 Å². The van der Waals surface area contributed by atoms with Crippen molar-refractivity contribution in [1.82, 2.24) is 0 Å². The van der Waals surface area contributed by atoms with Gasteiger partial charge in [0.1, 0.15) is 0 Å². The third kappa shape index (κ3) is 10.4. The zero-order valence-corrected chi connectivity index (χ0v) is 29.9. The number of hydrogen-bond acceptors (Lipinski definition) is 6. The highest BCUT2D eigenvalue weighted by Crippen LogP contribution is 2.40. The Morgan fingerprint density at radius 2 is 0.759 bits per heavy atom. The number of aryl methyl sites for hydroxylation is 2. The highest BCUT2D eigenvalue weighted by Gasteiger charge is 2.27. The summed E-state index contributed by atoms with van der Waals surface area (Å²) in [5.74, 6) is -9.88. The standard InChI is InChI=1S/C42H42O12/c1-3-5-7-23-9-24(8-6-4-2)11-28(10-23)36(29-17-34(41(51)52)21-35(18-29)42(53)54)22-26(27-15-32(39(47)48)20-33(16-27)40(49)50)12-25-13-30(37(43)44)19-31(14-25)38(45)46/h9-11,13-21,26,36H,3-8,12,22H2,1-2H3,(H,43,44)(H,45,46)(H,47,48)(H,49,50)(H,51,52)(H,53,54). The molecule has 0 spiro atoms. The monoisotopic (exact) mass is 738 g/mol. The largest absolute Gasteiger partial charge is 0.478 e. The van der Waals surface area contributed by atoms with Crippen LogP contribution in [0, 0.1) is 0 Å². The summed E-state index contributed by atoms with van der Waals surface area (Å²) in [7, 11) is 0. The normalized spacial score (nSPS) is 12.1. The van der Waals surface area contributed by atoms with Crippen LogP contribution in [0.15, 0.2) is 72.8 Å². The lowest BCUT2D eigenvalue weighted by Crippen LogP contribution is -2.15. The Morgan fingerprint density at radius 1 is 0.426 bits per heavy atom. The van der Waals surface area contributed by atoms with E-state index in [4.69, 9.17) is 0 Å². The molecule has 54 heavy (non-hydrogen) atoms. The first-order valence-electron chi connectivity index (χ1n) is 17.6. The first-order chi connectivity index (χ1) is 25.6. The third-order valence-corrected chi connectivity index (χ3v) is 9.38. The van der Waals surface area contributed by atoms with E-state index in [0.717, 1.165) is 73.4 Å². The van der Waals surface area contributed by atoms with E-state index in [1.54, 1.807) is 0 Å². The van der Waals surface area contributed by atoms with Gasteiger partial charge in [-0.3, -0.25) is 0 Å². The van der Waals surface area contributed by atoms with Crippen LogP contribution in [0.1, 0.15) is 153 Å².